The predicted molar refractivity (Wildman–Crippen MR) is 103 cm³/mol. The Morgan fingerprint density at radius 3 is 2.92 bits per heavy atom. The van der Waals surface area contributed by atoms with Crippen LogP contribution in [0.3, 0.4) is 0 Å². The molecule has 1 aliphatic heterocycles. The van der Waals surface area contributed by atoms with Crippen LogP contribution in [0.25, 0.3) is 11.0 Å². The Morgan fingerprint density at radius 1 is 1.46 bits per heavy atom. The summed E-state index contributed by atoms with van der Waals surface area (Å²) >= 11 is 1.92. The molecule has 1 aromatic heterocycles. The summed E-state index contributed by atoms with van der Waals surface area (Å²) in [5, 5.41) is 4.52. The molecule has 1 fully saturated rings. The number of para-hydroxylation sites is 1. The third-order valence-electron chi connectivity index (χ3n) is 4.40. The second-order valence-electron chi connectivity index (χ2n) is 5.97. The van der Waals surface area contributed by atoms with E-state index in [4.69, 9.17) is 4.42 Å². The van der Waals surface area contributed by atoms with Crippen molar-refractivity contribution in [3.05, 3.63) is 36.1 Å². The average molecular weight is 369 g/mol. The van der Waals surface area contributed by atoms with Crippen molar-refractivity contribution in [1.29, 1.82) is 0 Å². The number of hydrogen-bond acceptors (Lipinski definition) is 4. The highest BCUT2D eigenvalue weighted by molar-refractivity contribution is 7.99. The second kappa shape index (κ2) is 8.79. The summed E-state index contributed by atoms with van der Waals surface area (Å²) < 4.78 is 5.94. The van der Waals surface area contributed by atoms with Crippen LogP contribution in [-0.4, -0.2) is 41.4 Å². The molecule has 0 bridgehead atoms. The van der Waals surface area contributed by atoms with Crippen molar-refractivity contribution >= 4 is 41.0 Å². The van der Waals surface area contributed by atoms with Crippen LogP contribution in [0.15, 0.2) is 34.7 Å². The topological polar surface area (TPSA) is 45.5 Å². The summed E-state index contributed by atoms with van der Waals surface area (Å²) in [6.07, 6.45) is 0.561. The van der Waals surface area contributed by atoms with Crippen LogP contribution < -0.4 is 5.32 Å². The molecule has 3 rings (SSSR count). The van der Waals surface area contributed by atoms with Gasteiger partial charge in [-0.2, -0.15) is 11.8 Å². The zero-order chi connectivity index (χ0) is 16.2. The van der Waals surface area contributed by atoms with Gasteiger partial charge in [0.25, 0.3) is 0 Å². The van der Waals surface area contributed by atoms with Gasteiger partial charge in [-0.05, 0) is 26.0 Å². The molecule has 1 saturated heterocycles. The molecule has 132 valence electrons. The number of carbonyl (C=O) groups excluding carboxylic acids is 1. The van der Waals surface area contributed by atoms with E-state index in [1.54, 1.807) is 0 Å². The first-order valence-electron chi connectivity index (χ1n) is 8.28. The van der Waals surface area contributed by atoms with E-state index in [0.29, 0.717) is 13.0 Å². The first-order chi connectivity index (χ1) is 11.2. The largest absolute Gasteiger partial charge is 0.459 e. The standard InChI is InChI=1S/C18H24N2O2S.ClH/c1-3-20(18(21)11-15-12-23-9-8-19-15)13(2)17-10-14-6-4-5-7-16(14)22-17;/h4-7,10,13,15,19H,3,8-9,11-12H2,1-2H3;1H. The van der Waals surface area contributed by atoms with Gasteiger partial charge in [0.1, 0.15) is 11.3 Å². The Hall–Kier alpha value is -1.17. The highest BCUT2D eigenvalue weighted by Gasteiger charge is 2.25. The molecule has 6 heteroatoms. The number of halogens is 1. The molecular formula is C18H25ClN2O2S. The third-order valence-corrected chi connectivity index (χ3v) is 5.54. The summed E-state index contributed by atoms with van der Waals surface area (Å²) in [6.45, 7) is 5.76. The zero-order valence-electron chi connectivity index (χ0n) is 14.2. The molecule has 0 spiro atoms. The third kappa shape index (κ3) is 4.26. The fourth-order valence-electron chi connectivity index (χ4n) is 3.11. The molecule has 1 N–H and O–H groups in total. The van der Waals surface area contributed by atoms with E-state index < -0.39 is 0 Å². The van der Waals surface area contributed by atoms with Crippen molar-refractivity contribution in [2.45, 2.75) is 32.4 Å². The number of fused-ring (bicyclic) bond motifs is 1. The maximum absolute atomic E-state index is 12.7. The van der Waals surface area contributed by atoms with Crippen LogP contribution in [0, 0.1) is 0 Å². The average Bonchev–Trinajstić information content (AvgIpc) is 3.00. The fraction of sp³-hybridized carbons (Fsp3) is 0.500. The lowest BCUT2D eigenvalue weighted by molar-refractivity contribution is -0.133. The lowest BCUT2D eigenvalue weighted by atomic mass is 10.1. The first-order valence-corrected chi connectivity index (χ1v) is 9.43. The van der Waals surface area contributed by atoms with Crippen molar-refractivity contribution in [1.82, 2.24) is 10.2 Å². The summed E-state index contributed by atoms with van der Waals surface area (Å²) in [7, 11) is 0. The quantitative estimate of drug-likeness (QED) is 0.870. The van der Waals surface area contributed by atoms with Gasteiger partial charge in [-0.1, -0.05) is 18.2 Å². The highest BCUT2D eigenvalue weighted by Crippen LogP contribution is 2.28. The van der Waals surface area contributed by atoms with Gasteiger partial charge in [0.15, 0.2) is 0 Å². The number of carbonyl (C=O) groups is 1. The molecule has 1 amide bonds. The van der Waals surface area contributed by atoms with Gasteiger partial charge in [-0.3, -0.25) is 4.79 Å². The number of rotatable bonds is 5. The van der Waals surface area contributed by atoms with Crippen LogP contribution in [0.5, 0.6) is 0 Å². The lowest BCUT2D eigenvalue weighted by Gasteiger charge is -2.30. The summed E-state index contributed by atoms with van der Waals surface area (Å²) in [5.41, 5.74) is 0.878. The summed E-state index contributed by atoms with van der Waals surface area (Å²) in [4.78, 5) is 14.6. The number of amides is 1. The normalized spacial score (nSPS) is 18.8. The number of nitrogens with one attached hydrogen (secondary N) is 1. The monoisotopic (exact) mass is 368 g/mol. The minimum atomic E-state index is -0.0452. The SMILES string of the molecule is CCN(C(=O)CC1CSCCN1)C(C)c1cc2ccccc2o1.Cl. The summed E-state index contributed by atoms with van der Waals surface area (Å²) in [6, 6.07) is 10.3. The van der Waals surface area contributed by atoms with Gasteiger partial charge in [0.2, 0.25) is 5.91 Å². The molecule has 2 atom stereocenters. The van der Waals surface area contributed by atoms with E-state index in [1.807, 2.05) is 60.8 Å². The highest BCUT2D eigenvalue weighted by atomic mass is 35.5. The van der Waals surface area contributed by atoms with Gasteiger partial charge in [-0.25, -0.2) is 0 Å². The first kappa shape index (κ1) is 19.2. The maximum Gasteiger partial charge on any atom is 0.224 e. The van der Waals surface area contributed by atoms with Crippen molar-refractivity contribution in [2.75, 3.05) is 24.6 Å². The van der Waals surface area contributed by atoms with E-state index in [2.05, 4.69) is 5.32 Å². The van der Waals surface area contributed by atoms with Crippen LogP contribution in [0.4, 0.5) is 0 Å². The van der Waals surface area contributed by atoms with Crippen LogP contribution in [0.1, 0.15) is 32.1 Å². The van der Waals surface area contributed by atoms with Crippen LogP contribution >= 0.6 is 24.2 Å². The number of nitrogens with zero attached hydrogens (tertiary/aromatic N) is 1. The Labute approximate surface area is 153 Å². The lowest BCUT2D eigenvalue weighted by Crippen LogP contribution is -2.43. The van der Waals surface area contributed by atoms with E-state index in [9.17, 15) is 4.79 Å². The van der Waals surface area contributed by atoms with Crippen LogP contribution in [0.2, 0.25) is 0 Å². The van der Waals surface area contributed by atoms with E-state index >= 15 is 0 Å². The molecule has 4 nitrogen and oxygen atoms in total. The maximum atomic E-state index is 12.7. The minimum absolute atomic E-state index is 0. The van der Waals surface area contributed by atoms with Crippen molar-refractivity contribution in [2.24, 2.45) is 0 Å². The number of hydrogen-bond donors (Lipinski definition) is 1. The predicted octanol–water partition coefficient (Wildman–Crippen LogP) is 3.86. The Balaban J connectivity index is 0.00000208. The van der Waals surface area contributed by atoms with Gasteiger partial charge in [-0.15, -0.1) is 12.4 Å². The molecule has 0 radical (unpaired) electrons. The molecule has 1 aliphatic rings. The molecular weight excluding hydrogens is 344 g/mol. The van der Waals surface area contributed by atoms with E-state index in [-0.39, 0.29) is 30.4 Å². The Bertz CT molecular complexity index is 637. The van der Waals surface area contributed by atoms with Crippen molar-refractivity contribution < 1.29 is 9.21 Å². The molecule has 24 heavy (non-hydrogen) atoms. The molecule has 0 saturated carbocycles. The van der Waals surface area contributed by atoms with E-state index in [1.165, 1.54) is 0 Å². The number of thioether (sulfide) groups is 1. The Kier molecular flexibility index (Phi) is 7.02. The zero-order valence-corrected chi connectivity index (χ0v) is 15.8. The smallest absolute Gasteiger partial charge is 0.224 e. The molecule has 0 aliphatic carbocycles. The van der Waals surface area contributed by atoms with Gasteiger partial charge in [0.05, 0.1) is 6.04 Å². The number of furan rings is 1. The van der Waals surface area contributed by atoms with Crippen molar-refractivity contribution in [3.8, 4) is 0 Å². The van der Waals surface area contributed by atoms with Gasteiger partial charge < -0.3 is 14.6 Å². The summed E-state index contributed by atoms with van der Waals surface area (Å²) in [5.74, 6) is 3.20. The van der Waals surface area contributed by atoms with Gasteiger partial charge in [0, 0.05) is 42.4 Å². The Morgan fingerprint density at radius 2 is 2.25 bits per heavy atom. The molecule has 2 heterocycles. The molecule has 1 aromatic carbocycles. The minimum Gasteiger partial charge on any atom is -0.459 e. The molecule has 2 aromatic rings. The second-order valence-corrected chi connectivity index (χ2v) is 7.12. The van der Waals surface area contributed by atoms with Crippen LogP contribution in [-0.2, 0) is 4.79 Å². The van der Waals surface area contributed by atoms with Gasteiger partial charge >= 0.3 is 0 Å². The van der Waals surface area contributed by atoms with Crippen molar-refractivity contribution in [3.63, 3.8) is 0 Å². The molecule has 2 unspecified atom stereocenters. The number of benzene rings is 1. The van der Waals surface area contributed by atoms with E-state index in [0.717, 1.165) is 34.8 Å². The fourth-order valence-corrected chi connectivity index (χ4v) is 4.06.